The van der Waals surface area contributed by atoms with Crippen LogP contribution in [0.4, 0.5) is 0 Å². The van der Waals surface area contributed by atoms with E-state index in [2.05, 4.69) is 43.4 Å². The Morgan fingerprint density at radius 1 is 0.591 bits per heavy atom. The zero-order valence-corrected chi connectivity index (χ0v) is 17.2. The van der Waals surface area contributed by atoms with Crippen LogP contribution < -0.4 is 0 Å². The first-order valence-corrected chi connectivity index (χ1v) is 11.4. The Morgan fingerprint density at radius 3 is 1.77 bits per heavy atom. The molecule has 3 rings (SSSR count). The van der Waals surface area contributed by atoms with Crippen molar-refractivity contribution in [3.63, 3.8) is 0 Å². The topological polar surface area (TPSA) is 0 Å². The molecule has 0 aliphatic heterocycles. The summed E-state index contributed by atoms with van der Waals surface area (Å²) in [7, 11) is 0. The van der Waals surface area contributed by atoms with E-state index in [1.54, 1.807) is 19.3 Å². The molecule has 3 aliphatic rings. The van der Waals surface area contributed by atoms with Crippen LogP contribution in [0.15, 0.2) is 0 Å². The van der Waals surface area contributed by atoms with Crippen molar-refractivity contribution in [2.75, 3.05) is 0 Å². The van der Waals surface area contributed by atoms with Crippen LogP contribution >= 0.6 is 22.6 Å². The van der Waals surface area contributed by atoms with Crippen LogP contribution in [0.1, 0.15) is 85.0 Å². The predicted octanol–water partition coefficient (Wildman–Crippen LogP) is 7.10. The number of rotatable bonds is 2. The van der Waals surface area contributed by atoms with E-state index in [0.29, 0.717) is 0 Å². The van der Waals surface area contributed by atoms with Gasteiger partial charge in [0.25, 0.3) is 0 Å². The maximum Gasteiger partial charge on any atom is 0.0110 e. The van der Waals surface area contributed by atoms with E-state index >= 15 is 0 Å². The Morgan fingerprint density at radius 2 is 1.14 bits per heavy atom. The molecule has 3 fully saturated rings. The first-order valence-electron chi connectivity index (χ1n) is 10.2. The summed E-state index contributed by atoms with van der Waals surface area (Å²) in [6.07, 6.45) is 15.3. The van der Waals surface area contributed by atoms with Crippen molar-refractivity contribution in [3.05, 3.63) is 0 Å². The summed E-state index contributed by atoms with van der Waals surface area (Å²) in [6.45, 7) is 7.62. The van der Waals surface area contributed by atoms with Crippen LogP contribution in [0, 0.1) is 41.4 Å². The van der Waals surface area contributed by atoms with Gasteiger partial charge in [0.2, 0.25) is 0 Å². The van der Waals surface area contributed by atoms with E-state index in [-0.39, 0.29) is 0 Å². The van der Waals surface area contributed by atoms with E-state index in [4.69, 9.17) is 0 Å². The summed E-state index contributed by atoms with van der Waals surface area (Å²) >= 11 is 2.68. The molecule has 0 amide bonds. The van der Waals surface area contributed by atoms with Crippen LogP contribution in [0.3, 0.4) is 0 Å². The van der Waals surface area contributed by atoms with Gasteiger partial charge in [-0.15, -0.1) is 0 Å². The highest BCUT2D eigenvalue weighted by Gasteiger charge is 2.39. The monoisotopic (exact) mass is 416 g/mol. The molecule has 0 aromatic heterocycles. The smallest absolute Gasteiger partial charge is 0.0110 e. The van der Waals surface area contributed by atoms with Gasteiger partial charge in [-0.25, -0.2) is 0 Å². The van der Waals surface area contributed by atoms with Crippen LogP contribution in [-0.4, -0.2) is 3.92 Å². The molecule has 6 unspecified atom stereocenters. The molecule has 3 saturated carbocycles. The van der Waals surface area contributed by atoms with Crippen molar-refractivity contribution in [2.45, 2.75) is 88.9 Å². The maximum atomic E-state index is 2.68. The fraction of sp³-hybridized carbons (Fsp3) is 1.00. The molecule has 0 nitrogen and oxygen atoms in total. The highest BCUT2D eigenvalue weighted by atomic mass is 127. The maximum absolute atomic E-state index is 2.68. The number of alkyl halides is 1. The third kappa shape index (κ3) is 4.03. The minimum absolute atomic E-state index is 0.977. The first kappa shape index (κ1) is 17.5. The normalized spacial score (nSPS) is 50.7. The minimum atomic E-state index is 0.977. The second-order valence-corrected chi connectivity index (χ2v) is 11.0. The number of hydrogen-bond acceptors (Lipinski definition) is 0. The van der Waals surface area contributed by atoms with Crippen molar-refractivity contribution < 1.29 is 0 Å². The Bertz CT molecular complexity index is 344. The van der Waals surface area contributed by atoms with Crippen molar-refractivity contribution >= 4 is 22.6 Å². The summed E-state index contributed by atoms with van der Waals surface area (Å²) in [5.41, 5.74) is 0. The lowest BCUT2D eigenvalue weighted by molar-refractivity contribution is 0.0500. The van der Waals surface area contributed by atoms with Crippen molar-refractivity contribution in [1.82, 2.24) is 0 Å². The molecule has 3 aliphatic carbocycles. The third-order valence-corrected chi connectivity index (χ3v) is 8.93. The lowest BCUT2D eigenvalue weighted by atomic mass is 9.60. The standard InChI is InChI=1S/C21H37I/c1-14-4-10-21(15(2)12-14)18-7-11-20(16(3)13-18)17-5-8-19(22)9-6-17/h14-21H,4-13H2,1-3H3. The SMILES string of the molecule is CC1CCC(C2CCC(C3CCC(I)CC3)C(C)C2)C(C)C1. The molecule has 0 N–H and O–H groups in total. The number of halogens is 1. The van der Waals surface area contributed by atoms with Crippen LogP contribution in [0.25, 0.3) is 0 Å². The van der Waals surface area contributed by atoms with Crippen LogP contribution in [0.2, 0.25) is 0 Å². The molecule has 0 radical (unpaired) electrons. The third-order valence-electron chi connectivity index (χ3n) is 7.69. The average Bonchev–Trinajstić information content (AvgIpc) is 2.48. The van der Waals surface area contributed by atoms with Gasteiger partial charge in [0.1, 0.15) is 0 Å². The van der Waals surface area contributed by atoms with Crippen LogP contribution in [0.5, 0.6) is 0 Å². The summed E-state index contributed by atoms with van der Waals surface area (Å²) in [5, 5.41) is 0. The molecule has 0 heterocycles. The van der Waals surface area contributed by atoms with E-state index < -0.39 is 0 Å². The van der Waals surface area contributed by atoms with Crippen molar-refractivity contribution in [1.29, 1.82) is 0 Å². The summed E-state index contributed by atoms with van der Waals surface area (Å²) in [4.78, 5) is 0. The van der Waals surface area contributed by atoms with E-state index in [0.717, 1.165) is 45.3 Å². The average molecular weight is 416 g/mol. The Hall–Kier alpha value is 0.730. The van der Waals surface area contributed by atoms with Gasteiger partial charge in [0.15, 0.2) is 0 Å². The second kappa shape index (κ2) is 7.74. The van der Waals surface area contributed by atoms with Crippen molar-refractivity contribution in [2.24, 2.45) is 41.4 Å². The number of hydrogen-bond donors (Lipinski definition) is 0. The lowest BCUT2D eigenvalue weighted by Gasteiger charge is -2.46. The minimum Gasteiger partial charge on any atom is -0.0826 e. The molecule has 22 heavy (non-hydrogen) atoms. The van der Waals surface area contributed by atoms with E-state index in [1.165, 1.54) is 44.9 Å². The molecule has 6 atom stereocenters. The molecule has 0 bridgehead atoms. The van der Waals surface area contributed by atoms with Crippen molar-refractivity contribution in [3.8, 4) is 0 Å². The molecule has 128 valence electrons. The summed E-state index contributed by atoms with van der Waals surface area (Å²) < 4.78 is 0.977. The zero-order chi connectivity index (χ0) is 15.7. The molecule has 0 aromatic carbocycles. The molecule has 0 spiro atoms. The van der Waals surface area contributed by atoms with E-state index in [9.17, 15) is 0 Å². The van der Waals surface area contributed by atoms with E-state index in [1.807, 2.05) is 0 Å². The fourth-order valence-electron chi connectivity index (χ4n) is 6.45. The largest absolute Gasteiger partial charge is 0.0826 e. The predicted molar refractivity (Wildman–Crippen MR) is 105 cm³/mol. The van der Waals surface area contributed by atoms with Gasteiger partial charge < -0.3 is 0 Å². The van der Waals surface area contributed by atoms with Gasteiger partial charge >= 0.3 is 0 Å². The Kier molecular flexibility index (Phi) is 6.18. The quantitative estimate of drug-likeness (QED) is 0.333. The van der Waals surface area contributed by atoms with Gasteiger partial charge in [-0.3, -0.25) is 0 Å². The van der Waals surface area contributed by atoms with Gasteiger partial charge in [-0.1, -0.05) is 49.8 Å². The Balaban J connectivity index is 1.53. The van der Waals surface area contributed by atoms with Gasteiger partial charge in [0.05, 0.1) is 0 Å². The summed E-state index contributed by atoms with van der Waals surface area (Å²) in [6, 6.07) is 0. The van der Waals surface area contributed by atoms with Crippen LogP contribution in [-0.2, 0) is 0 Å². The molecular weight excluding hydrogens is 379 g/mol. The first-order chi connectivity index (χ1) is 10.5. The van der Waals surface area contributed by atoms with Gasteiger partial charge in [-0.05, 0) is 99.2 Å². The van der Waals surface area contributed by atoms with Gasteiger partial charge in [0, 0.05) is 3.92 Å². The molecule has 0 aromatic rings. The summed E-state index contributed by atoms with van der Waals surface area (Å²) in [5.74, 6) is 7.25. The molecule has 1 heteroatoms. The lowest BCUT2D eigenvalue weighted by Crippen LogP contribution is -2.36. The molecule has 0 saturated heterocycles. The Labute approximate surface area is 152 Å². The highest BCUT2D eigenvalue weighted by Crippen LogP contribution is 2.49. The highest BCUT2D eigenvalue weighted by molar-refractivity contribution is 14.1. The zero-order valence-electron chi connectivity index (χ0n) is 15.1. The van der Waals surface area contributed by atoms with Gasteiger partial charge in [-0.2, -0.15) is 0 Å². The molecular formula is C21H37I. The second-order valence-electron chi connectivity index (χ2n) is 9.29. The fourth-order valence-corrected chi connectivity index (χ4v) is 7.17.